The first-order valence-corrected chi connectivity index (χ1v) is 11.4. The molecule has 160 valence electrons. The molecule has 0 spiro atoms. The Kier molecular flexibility index (Phi) is 5.78. The van der Waals surface area contributed by atoms with E-state index in [4.69, 9.17) is 27.9 Å². The number of benzene rings is 3. The van der Waals surface area contributed by atoms with Crippen LogP contribution in [0.4, 0.5) is 5.69 Å². The smallest absolute Gasteiger partial charge is 0.247 e. The van der Waals surface area contributed by atoms with Crippen molar-refractivity contribution in [3.05, 3.63) is 87.9 Å². The topological polar surface area (TPSA) is 80.2 Å². The summed E-state index contributed by atoms with van der Waals surface area (Å²) in [7, 11) is 0. The van der Waals surface area contributed by atoms with Crippen molar-refractivity contribution in [3.8, 4) is 22.9 Å². The second kappa shape index (κ2) is 8.86. The van der Waals surface area contributed by atoms with Crippen LogP contribution in [-0.4, -0.2) is 20.3 Å². The van der Waals surface area contributed by atoms with Crippen LogP contribution in [0.25, 0.3) is 11.3 Å². The minimum atomic E-state index is -0.678. The van der Waals surface area contributed by atoms with E-state index >= 15 is 0 Å². The SMILES string of the molecule is Oc1cccc([C@H]2Nc3ccccc3-c3nnc(SCc4ccc(Cl)cc4)nc3O2)c1Cl. The first-order chi connectivity index (χ1) is 15.6. The van der Waals surface area contributed by atoms with E-state index in [-0.39, 0.29) is 10.8 Å². The minimum Gasteiger partial charge on any atom is -0.506 e. The molecule has 9 heteroatoms. The quantitative estimate of drug-likeness (QED) is 0.328. The summed E-state index contributed by atoms with van der Waals surface area (Å²) in [5, 5.41) is 23.5. The van der Waals surface area contributed by atoms with Gasteiger partial charge < -0.3 is 15.2 Å². The van der Waals surface area contributed by atoms with Crippen molar-refractivity contribution in [1.82, 2.24) is 15.2 Å². The van der Waals surface area contributed by atoms with Crippen molar-refractivity contribution in [2.75, 3.05) is 5.32 Å². The first kappa shape index (κ1) is 20.9. The number of nitrogens with one attached hydrogen (secondary N) is 1. The summed E-state index contributed by atoms with van der Waals surface area (Å²) in [4.78, 5) is 4.63. The van der Waals surface area contributed by atoms with Gasteiger partial charge in [0.2, 0.25) is 11.0 Å². The fourth-order valence-corrected chi connectivity index (χ4v) is 4.40. The highest BCUT2D eigenvalue weighted by molar-refractivity contribution is 7.98. The van der Waals surface area contributed by atoms with Gasteiger partial charge in [-0.05, 0) is 29.8 Å². The van der Waals surface area contributed by atoms with Gasteiger partial charge in [0.05, 0.1) is 5.02 Å². The molecule has 1 aromatic heterocycles. The lowest BCUT2D eigenvalue weighted by molar-refractivity contribution is 0.225. The van der Waals surface area contributed by atoms with Crippen LogP contribution in [-0.2, 0) is 5.75 Å². The van der Waals surface area contributed by atoms with Crippen molar-refractivity contribution in [1.29, 1.82) is 0 Å². The molecule has 1 aliphatic heterocycles. The summed E-state index contributed by atoms with van der Waals surface area (Å²) >= 11 is 13.8. The summed E-state index contributed by atoms with van der Waals surface area (Å²) in [6.45, 7) is 0. The number of aromatic nitrogens is 3. The fraction of sp³-hybridized carbons (Fsp3) is 0.0870. The van der Waals surface area contributed by atoms with Crippen LogP contribution in [0.1, 0.15) is 17.4 Å². The van der Waals surface area contributed by atoms with Gasteiger partial charge in [-0.25, -0.2) is 0 Å². The zero-order valence-electron chi connectivity index (χ0n) is 16.5. The number of phenols is 1. The number of anilines is 1. The Hall–Kier alpha value is -3.00. The molecule has 0 amide bonds. The number of para-hydroxylation sites is 1. The van der Waals surface area contributed by atoms with E-state index in [9.17, 15) is 5.11 Å². The van der Waals surface area contributed by atoms with Crippen molar-refractivity contribution < 1.29 is 9.84 Å². The van der Waals surface area contributed by atoms with Crippen LogP contribution in [0.5, 0.6) is 11.6 Å². The largest absolute Gasteiger partial charge is 0.506 e. The maximum atomic E-state index is 10.1. The maximum absolute atomic E-state index is 10.1. The van der Waals surface area contributed by atoms with Crippen molar-refractivity contribution >= 4 is 40.7 Å². The van der Waals surface area contributed by atoms with Crippen molar-refractivity contribution in [2.24, 2.45) is 0 Å². The molecule has 5 rings (SSSR count). The molecule has 0 saturated carbocycles. The number of aromatic hydroxyl groups is 1. The zero-order valence-corrected chi connectivity index (χ0v) is 18.8. The molecule has 4 aromatic rings. The van der Waals surface area contributed by atoms with Crippen LogP contribution in [0.3, 0.4) is 0 Å². The lowest BCUT2D eigenvalue weighted by atomic mass is 10.1. The van der Waals surface area contributed by atoms with E-state index in [0.717, 1.165) is 16.8 Å². The molecule has 3 aromatic carbocycles. The third kappa shape index (κ3) is 4.19. The van der Waals surface area contributed by atoms with Gasteiger partial charge in [-0.3, -0.25) is 0 Å². The molecule has 2 heterocycles. The van der Waals surface area contributed by atoms with Crippen molar-refractivity contribution in [3.63, 3.8) is 0 Å². The van der Waals surface area contributed by atoms with Crippen LogP contribution in [0.15, 0.2) is 71.9 Å². The van der Waals surface area contributed by atoms with E-state index < -0.39 is 6.23 Å². The molecule has 0 saturated heterocycles. The number of thioether (sulfide) groups is 1. The predicted octanol–water partition coefficient (Wildman–Crippen LogP) is 6.35. The number of ether oxygens (including phenoxy) is 1. The molecule has 0 aliphatic carbocycles. The second-order valence-electron chi connectivity index (χ2n) is 7.03. The highest BCUT2D eigenvalue weighted by Gasteiger charge is 2.27. The highest BCUT2D eigenvalue weighted by atomic mass is 35.5. The van der Waals surface area contributed by atoms with Gasteiger partial charge in [0.25, 0.3) is 0 Å². The Bertz CT molecular complexity index is 1290. The third-order valence-corrected chi connectivity index (χ3v) is 6.48. The number of nitrogens with zero attached hydrogens (tertiary/aromatic N) is 3. The summed E-state index contributed by atoms with van der Waals surface area (Å²) in [6.07, 6.45) is -0.678. The Morgan fingerprint density at radius 3 is 2.62 bits per heavy atom. The summed E-state index contributed by atoms with van der Waals surface area (Å²) in [5.41, 5.74) is 3.82. The average molecular weight is 483 g/mol. The Morgan fingerprint density at radius 1 is 0.969 bits per heavy atom. The predicted molar refractivity (Wildman–Crippen MR) is 126 cm³/mol. The van der Waals surface area contributed by atoms with E-state index in [0.29, 0.717) is 33.1 Å². The molecule has 1 aliphatic rings. The van der Waals surface area contributed by atoms with Crippen LogP contribution in [0, 0.1) is 0 Å². The third-order valence-electron chi connectivity index (χ3n) is 4.91. The molecule has 6 nitrogen and oxygen atoms in total. The molecular formula is C23H16Cl2N4O2S. The lowest BCUT2D eigenvalue weighted by Gasteiger charge is -2.20. The molecule has 0 unspecified atom stereocenters. The molecule has 0 bridgehead atoms. The Balaban J connectivity index is 1.50. The molecule has 0 fully saturated rings. The standard InChI is InChI=1S/C23H16Cl2N4O2S/c24-14-10-8-13(9-11-14)12-32-23-27-22-20(28-29-23)15-4-1-2-6-17(15)26-21(31-22)16-5-3-7-18(30)19(16)25/h1-11,21,26,30H,12H2/t21-/m0/s1. The fourth-order valence-electron chi connectivity index (χ4n) is 3.32. The van der Waals surface area contributed by atoms with Gasteiger partial charge in [-0.1, -0.05) is 77.4 Å². The van der Waals surface area contributed by atoms with Crippen molar-refractivity contribution in [2.45, 2.75) is 17.1 Å². The van der Waals surface area contributed by atoms with Gasteiger partial charge in [0.1, 0.15) is 5.75 Å². The van der Waals surface area contributed by atoms with Gasteiger partial charge in [-0.15, -0.1) is 10.2 Å². The highest BCUT2D eigenvalue weighted by Crippen LogP contribution is 2.41. The number of phenolic OH excluding ortho intramolecular Hbond substituents is 1. The van der Waals surface area contributed by atoms with Crippen LogP contribution in [0.2, 0.25) is 10.0 Å². The number of rotatable bonds is 4. The second-order valence-corrected chi connectivity index (χ2v) is 8.79. The van der Waals surface area contributed by atoms with Gasteiger partial charge in [0, 0.05) is 27.6 Å². The van der Waals surface area contributed by atoms with Crippen LogP contribution < -0.4 is 10.1 Å². The van der Waals surface area contributed by atoms with E-state index in [2.05, 4.69) is 20.5 Å². The number of fused-ring (bicyclic) bond motifs is 3. The average Bonchev–Trinajstić information content (AvgIpc) is 2.97. The minimum absolute atomic E-state index is 0.0210. The molecule has 32 heavy (non-hydrogen) atoms. The normalized spacial score (nSPS) is 14.5. The molecule has 1 atom stereocenters. The number of halogens is 2. The zero-order chi connectivity index (χ0) is 22.1. The lowest BCUT2D eigenvalue weighted by Crippen LogP contribution is -2.17. The summed E-state index contributed by atoms with van der Waals surface area (Å²) in [5.74, 6) is 0.974. The van der Waals surface area contributed by atoms with E-state index in [1.54, 1.807) is 12.1 Å². The maximum Gasteiger partial charge on any atom is 0.247 e. The van der Waals surface area contributed by atoms with Gasteiger partial charge >= 0.3 is 0 Å². The van der Waals surface area contributed by atoms with Crippen LogP contribution >= 0.6 is 35.0 Å². The molecular weight excluding hydrogens is 467 g/mol. The van der Waals surface area contributed by atoms with Gasteiger partial charge in [0.15, 0.2) is 11.9 Å². The summed E-state index contributed by atoms with van der Waals surface area (Å²) in [6, 6.07) is 20.3. The van der Waals surface area contributed by atoms with E-state index in [1.807, 2.05) is 48.5 Å². The monoisotopic (exact) mass is 482 g/mol. The summed E-state index contributed by atoms with van der Waals surface area (Å²) < 4.78 is 6.22. The van der Waals surface area contributed by atoms with E-state index in [1.165, 1.54) is 17.8 Å². The number of hydrogen-bond acceptors (Lipinski definition) is 7. The number of hydrogen-bond donors (Lipinski definition) is 2. The first-order valence-electron chi connectivity index (χ1n) is 9.70. The Labute approximate surface area is 198 Å². The molecule has 0 radical (unpaired) electrons. The van der Waals surface area contributed by atoms with Gasteiger partial charge in [-0.2, -0.15) is 4.98 Å². The Morgan fingerprint density at radius 2 is 1.78 bits per heavy atom. The molecule has 2 N–H and O–H groups in total.